The first kappa shape index (κ1) is 18.9. The van der Waals surface area contributed by atoms with E-state index < -0.39 is 4.92 Å². The van der Waals surface area contributed by atoms with Crippen molar-refractivity contribution in [1.29, 1.82) is 0 Å². The van der Waals surface area contributed by atoms with Crippen LogP contribution in [0.5, 0.6) is 0 Å². The lowest BCUT2D eigenvalue weighted by Crippen LogP contribution is -2.61. The van der Waals surface area contributed by atoms with Crippen molar-refractivity contribution in [1.82, 2.24) is 10.3 Å². The van der Waals surface area contributed by atoms with Gasteiger partial charge in [-0.1, -0.05) is 12.1 Å². The lowest BCUT2D eigenvalue weighted by Gasteiger charge is -2.49. The third-order valence-corrected chi connectivity index (χ3v) is 5.64. The van der Waals surface area contributed by atoms with E-state index in [1.54, 1.807) is 24.4 Å². The topological polar surface area (TPSA) is 91.6 Å². The van der Waals surface area contributed by atoms with E-state index in [1.807, 2.05) is 24.3 Å². The Balaban J connectivity index is 1.67. The third kappa shape index (κ3) is 3.65. The van der Waals surface area contributed by atoms with Crippen molar-refractivity contribution in [3.8, 4) is 0 Å². The number of nitro benzene ring substituents is 1. The van der Waals surface area contributed by atoms with Crippen LogP contribution in [-0.2, 0) is 11.2 Å². The number of pyridine rings is 1. The van der Waals surface area contributed by atoms with Gasteiger partial charge in [-0.25, -0.2) is 4.98 Å². The molecule has 0 bridgehead atoms. The van der Waals surface area contributed by atoms with Crippen molar-refractivity contribution < 1.29 is 9.72 Å². The first-order valence-electron chi connectivity index (χ1n) is 9.67. The van der Waals surface area contributed by atoms with Crippen LogP contribution in [0.3, 0.4) is 0 Å². The smallest absolute Gasteiger partial charge is 0.269 e. The Morgan fingerprint density at radius 3 is 2.93 bits per heavy atom. The number of rotatable bonds is 5. The van der Waals surface area contributed by atoms with E-state index in [0.29, 0.717) is 19.5 Å². The highest BCUT2D eigenvalue weighted by atomic mass is 16.6. The highest BCUT2D eigenvalue weighted by Crippen LogP contribution is 2.38. The fourth-order valence-corrected chi connectivity index (χ4v) is 4.28. The molecule has 150 valence electrons. The standard InChI is InChI=1S/C21H23N5O3/c1-2-8-23-21(27)17-13-15-12-16(26(28)29)6-7-18(15)25-11-10-24(14-19(17)25)20-5-3-4-9-22-20/h2-7,9,12,17,19H,1,8,10-11,13-14H2,(H,23,27)/t17-,19+/m0/s1. The number of nitrogens with one attached hydrogen (secondary N) is 1. The number of aromatic nitrogens is 1. The summed E-state index contributed by atoms with van der Waals surface area (Å²) < 4.78 is 0. The molecule has 0 aliphatic carbocycles. The highest BCUT2D eigenvalue weighted by Gasteiger charge is 2.42. The molecule has 8 nitrogen and oxygen atoms in total. The van der Waals surface area contributed by atoms with Gasteiger partial charge in [-0.3, -0.25) is 14.9 Å². The number of nitro groups is 1. The van der Waals surface area contributed by atoms with Gasteiger partial charge in [0.2, 0.25) is 5.91 Å². The van der Waals surface area contributed by atoms with Gasteiger partial charge in [-0.2, -0.15) is 0 Å². The average molecular weight is 393 g/mol. The molecule has 1 aromatic carbocycles. The fourth-order valence-electron chi connectivity index (χ4n) is 4.28. The molecule has 0 radical (unpaired) electrons. The first-order valence-corrected chi connectivity index (χ1v) is 9.67. The Labute approximate surface area is 169 Å². The summed E-state index contributed by atoms with van der Waals surface area (Å²) in [5.41, 5.74) is 1.88. The number of nitrogens with zero attached hydrogens (tertiary/aromatic N) is 4. The van der Waals surface area contributed by atoms with Gasteiger partial charge in [-0.05, 0) is 30.2 Å². The number of amides is 1. The average Bonchev–Trinajstić information content (AvgIpc) is 2.76. The fraction of sp³-hybridized carbons (Fsp3) is 0.333. The van der Waals surface area contributed by atoms with Crippen LogP contribution in [-0.4, -0.2) is 48.0 Å². The summed E-state index contributed by atoms with van der Waals surface area (Å²) in [4.78, 5) is 32.6. The summed E-state index contributed by atoms with van der Waals surface area (Å²) in [7, 11) is 0. The maximum Gasteiger partial charge on any atom is 0.269 e. The minimum atomic E-state index is -0.391. The Bertz CT molecular complexity index is 933. The zero-order valence-corrected chi connectivity index (χ0v) is 16.0. The van der Waals surface area contributed by atoms with Gasteiger partial charge in [0.05, 0.1) is 16.9 Å². The van der Waals surface area contributed by atoms with Gasteiger partial charge in [0.25, 0.3) is 5.69 Å². The lowest BCUT2D eigenvalue weighted by atomic mass is 9.83. The van der Waals surface area contributed by atoms with Gasteiger partial charge in [0, 0.05) is 50.2 Å². The number of fused-ring (bicyclic) bond motifs is 3. The van der Waals surface area contributed by atoms with E-state index in [1.165, 1.54) is 0 Å². The highest BCUT2D eigenvalue weighted by molar-refractivity contribution is 5.82. The summed E-state index contributed by atoms with van der Waals surface area (Å²) in [5.74, 6) is 0.530. The molecule has 2 aliphatic rings. The van der Waals surface area contributed by atoms with Crippen LogP contribution in [0.2, 0.25) is 0 Å². The van der Waals surface area contributed by atoms with E-state index in [9.17, 15) is 14.9 Å². The number of hydrogen-bond donors (Lipinski definition) is 1. The summed E-state index contributed by atoms with van der Waals surface area (Å²) in [5, 5.41) is 14.1. The third-order valence-electron chi connectivity index (χ3n) is 5.64. The zero-order valence-electron chi connectivity index (χ0n) is 16.0. The van der Waals surface area contributed by atoms with Crippen LogP contribution in [0.4, 0.5) is 17.2 Å². The van der Waals surface area contributed by atoms with E-state index in [4.69, 9.17) is 0 Å². The molecule has 0 spiro atoms. The van der Waals surface area contributed by atoms with Crippen molar-refractivity contribution in [3.63, 3.8) is 0 Å². The van der Waals surface area contributed by atoms with Crippen molar-refractivity contribution >= 4 is 23.1 Å². The second kappa shape index (κ2) is 7.90. The summed E-state index contributed by atoms with van der Waals surface area (Å²) >= 11 is 0. The number of non-ortho nitro benzene ring substituents is 1. The predicted octanol–water partition coefficient (Wildman–Crippen LogP) is 2.16. The zero-order chi connectivity index (χ0) is 20.4. The number of carbonyl (C=O) groups excluding carboxylic acids is 1. The molecule has 2 aliphatic heterocycles. The van der Waals surface area contributed by atoms with E-state index >= 15 is 0 Å². The SMILES string of the molecule is C=CCNC(=O)[C@H]1Cc2cc([N+](=O)[O-])ccc2N2CCN(c3ccccn3)C[C@H]12. The Morgan fingerprint density at radius 2 is 2.21 bits per heavy atom. The predicted molar refractivity (Wildman–Crippen MR) is 111 cm³/mol. The molecule has 1 saturated heterocycles. The maximum absolute atomic E-state index is 12.9. The molecule has 2 aromatic rings. The number of carbonyl (C=O) groups is 1. The lowest BCUT2D eigenvalue weighted by molar-refractivity contribution is -0.384. The normalized spacial score (nSPS) is 20.4. The minimum absolute atomic E-state index is 0.0375. The number of anilines is 2. The molecule has 1 fully saturated rings. The summed E-state index contributed by atoms with van der Waals surface area (Å²) in [6, 6.07) is 10.7. The molecule has 8 heteroatoms. The second-order valence-corrected chi connectivity index (χ2v) is 7.31. The number of benzene rings is 1. The molecule has 2 atom stereocenters. The van der Waals surface area contributed by atoms with Crippen LogP contribution in [0.1, 0.15) is 5.56 Å². The van der Waals surface area contributed by atoms with Crippen LogP contribution in [0, 0.1) is 16.0 Å². The molecular weight excluding hydrogens is 370 g/mol. The molecule has 4 rings (SSSR count). The van der Waals surface area contributed by atoms with E-state index in [2.05, 4.69) is 26.7 Å². The van der Waals surface area contributed by atoms with Gasteiger partial charge in [0.1, 0.15) is 5.82 Å². The van der Waals surface area contributed by atoms with Crippen molar-refractivity contribution in [3.05, 3.63) is 70.9 Å². The van der Waals surface area contributed by atoms with Crippen molar-refractivity contribution in [2.24, 2.45) is 5.92 Å². The van der Waals surface area contributed by atoms with Crippen molar-refractivity contribution in [2.75, 3.05) is 36.0 Å². The van der Waals surface area contributed by atoms with Crippen LogP contribution < -0.4 is 15.1 Å². The number of piperazine rings is 1. The van der Waals surface area contributed by atoms with E-state index in [-0.39, 0.29) is 23.6 Å². The Morgan fingerprint density at radius 1 is 1.34 bits per heavy atom. The Kier molecular flexibility index (Phi) is 5.16. The number of hydrogen-bond acceptors (Lipinski definition) is 6. The molecular formula is C21H23N5O3. The Hall–Kier alpha value is -3.42. The van der Waals surface area contributed by atoms with Crippen LogP contribution in [0.15, 0.2) is 55.3 Å². The molecule has 1 N–H and O–H groups in total. The van der Waals surface area contributed by atoms with Gasteiger partial charge < -0.3 is 15.1 Å². The van der Waals surface area contributed by atoms with Gasteiger partial charge in [0.15, 0.2) is 0 Å². The first-order chi connectivity index (χ1) is 14.1. The molecule has 0 unspecified atom stereocenters. The van der Waals surface area contributed by atoms with Crippen LogP contribution in [0.25, 0.3) is 0 Å². The maximum atomic E-state index is 12.9. The molecule has 1 amide bonds. The van der Waals surface area contributed by atoms with Gasteiger partial charge in [-0.15, -0.1) is 6.58 Å². The molecule has 1 aromatic heterocycles. The summed E-state index contributed by atoms with van der Waals surface area (Å²) in [6.07, 6.45) is 3.89. The van der Waals surface area contributed by atoms with Crippen molar-refractivity contribution in [2.45, 2.75) is 12.5 Å². The quantitative estimate of drug-likeness (QED) is 0.476. The largest absolute Gasteiger partial charge is 0.364 e. The summed E-state index contributed by atoms with van der Waals surface area (Å²) in [6.45, 7) is 6.21. The molecule has 3 heterocycles. The van der Waals surface area contributed by atoms with Crippen LogP contribution >= 0.6 is 0 Å². The second-order valence-electron chi connectivity index (χ2n) is 7.31. The minimum Gasteiger partial charge on any atom is -0.364 e. The van der Waals surface area contributed by atoms with E-state index in [0.717, 1.165) is 30.2 Å². The molecule has 29 heavy (non-hydrogen) atoms. The monoisotopic (exact) mass is 393 g/mol. The molecule has 0 saturated carbocycles. The van der Waals surface area contributed by atoms with Gasteiger partial charge >= 0.3 is 0 Å².